The Bertz CT molecular complexity index is 987. The minimum absolute atomic E-state index is 0. The van der Waals surface area contributed by atoms with Crippen LogP contribution in [0.15, 0.2) is 30.3 Å². The van der Waals surface area contributed by atoms with Crippen LogP contribution in [0.1, 0.15) is 49.1 Å². The molecule has 210 valence electrons. The Morgan fingerprint density at radius 3 is 1.62 bits per heavy atom. The van der Waals surface area contributed by atoms with Crippen LogP contribution in [0.4, 0.5) is 0 Å². The van der Waals surface area contributed by atoms with E-state index in [0.29, 0.717) is 22.3 Å². The predicted octanol–water partition coefficient (Wildman–Crippen LogP) is 2.52. The summed E-state index contributed by atoms with van der Waals surface area (Å²) in [6, 6.07) is 8.18. The first-order valence-electron chi connectivity index (χ1n) is 11.4. The predicted molar refractivity (Wildman–Crippen MR) is 137 cm³/mol. The number of phenols is 2. The maximum absolute atomic E-state index is 11.4. The van der Waals surface area contributed by atoms with Crippen molar-refractivity contribution in [2.45, 2.75) is 54.5 Å². The van der Waals surface area contributed by atoms with E-state index in [2.05, 4.69) is 0 Å². The van der Waals surface area contributed by atoms with Crippen LogP contribution in [0, 0.1) is 6.92 Å². The summed E-state index contributed by atoms with van der Waals surface area (Å²) in [5.74, 6) is -2.38. The maximum atomic E-state index is 11.4. The number of aliphatic hydroxyl groups excluding tert-OH is 2. The van der Waals surface area contributed by atoms with Gasteiger partial charge >= 0.3 is 11.9 Å². The molecule has 0 amide bonds. The normalized spacial score (nSPS) is 10.2. The van der Waals surface area contributed by atoms with Gasteiger partial charge in [0.15, 0.2) is 0 Å². The largest absolute Gasteiger partial charge is 0.507 e. The zero-order valence-electron chi connectivity index (χ0n) is 20.8. The average molecular weight is 564 g/mol. The number of hydrogen-bond acceptors (Lipinski definition) is 8. The minimum Gasteiger partial charge on any atom is -0.507 e. The summed E-state index contributed by atoms with van der Waals surface area (Å²) >= 11 is 0. The molecule has 2 rings (SSSR count). The molecule has 2 aromatic carbocycles. The van der Waals surface area contributed by atoms with Crippen molar-refractivity contribution in [3.8, 4) is 11.5 Å². The number of benzene rings is 2. The van der Waals surface area contributed by atoms with Gasteiger partial charge in [-0.05, 0) is 6.92 Å². The smallest absolute Gasteiger partial charge is 0.317 e. The number of rotatable bonds is 13. The maximum Gasteiger partial charge on any atom is 0.317 e. The summed E-state index contributed by atoms with van der Waals surface area (Å²) in [6.07, 6.45) is 0. The third-order valence-electron chi connectivity index (χ3n) is 5.19. The van der Waals surface area contributed by atoms with Crippen LogP contribution < -0.4 is 0 Å². The molecule has 0 aliphatic rings. The molecule has 0 spiro atoms. The van der Waals surface area contributed by atoms with Crippen LogP contribution in [0.3, 0.4) is 0 Å². The van der Waals surface area contributed by atoms with Crippen molar-refractivity contribution in [1.82, 2.24) is 9.80 Å². The molecule has 11 heteroatoms. The molecule has 0 aliphatic carbocycles. The fourth-order valence-corrected chi connectivity index (χ4v) is 3.65. The van der Waals surface area contributed by atoms with Crippen LogP contribution >= 0.6 is 0 Å². The van der Waals surface area contributed by atoms with Crippen molar-refractivity contribution in [2.75, 3.05) is 26.2 Å². The first-order chi connectivity index (χ1) is 16.6. The van der Waals surface area contributed by atoms with E-state index in [-0.39, 0.29) is 88.5 Å². The molecule has 0 atom stereocenters. The van der Waals surface area contributed by atoms with Gasteiger partial charge in [-0.1, -0.05) is 57.2 Å². The van der Waals surface area contributed by atoms with E-state index in [1.165, 1.54) is 0 Å². The SMILES string of the molecule is C.CC.Cc1cc(CO)c(O)c(CN(CCN(CC(=O)O)Cc2cccc(CO)c2O)CC(=O)O)c1.[Fe]. The monoisotopic (exact) mass is 564 g/mol. The molecule has 37 heavy (non-hydrogen) atoms. The van der Waals surface area contributed by atoms with Crippen LogP contribution in [-0.2, 0) is 53.0 Å². The molecule has 10 nitrogen and oxygen atoms in total. The Kier molecular flexibility index (Phi) is 18.3. The van der Waals surface area contributed by atoms with Crippen LogP contribution in [0.2, 0.25) is 0 Å². The Morgan fingerprint density at radius 1 is 0.757 bits per heavy atom. The Hall–Kier alpha value is -2.66. The first-order valence-corrected chi connectivity index (χ1v) is 11.4. The molecule has 2 aromatic rings. The van der Waals surface area contributed by atoms with E-state index in [1.54, 1.807) is 47.1 Å². The average Bonchev–Trinajstić information content (AvgIpc) is 2.81. The number of aryl methyl sites for hydroxylation is 1. The van der Waals surface area contributed by atoms with E-state index in [9.17, 15) is 40.2 Å². The van der Waals surface area contributed by atoms with E-state index in [1.807, 2.05) is 13.8 Å². The number of aliphatic carboxylic acids is 2. The second-order valence-corrected chi connectivity index (χ2v) is 7.88. The van der Waals surface area contributed by atoms with E-state index < -0.39 is 11.9 Å². The summed E-state index contributed by atoms with van der Waals surface area (Å²) < 4.78 is 0. The molecule has 0 heterocycles. The zero-order chi connectivity index (χ0) is 26.5. The van der Waals surface area contributed by atoms with Crippen molar-refractivity contribution in [3.63, 3.8) is 0 Å². The zero-order valence-corrected chi connectivity index (χ0v) is 21.9. The number of nitrogens with zero attached hydrogens (tertiary/aromatic N) is 2. The molecule has 0 aromatic heterocycles. The van der Waals surface area contributed by atoms with E-state index >= 15 is 0 Å². The van der Waals surface area contributed by atoms with Gasteiger partial charge < -0.3 is 30.6 Å². The molecule has 0 saturated carbocycles. The summed E-state index contributed by atoms with van der Waals surface area (Å²) in [5, 5.41) is 58.1. The number of carbonyl (C=O) groups is 2. The summed E-state index contributed by atoms with van der Waals surface area (Å²) in [4.78, 5) is 25.9. The van der Waals surface area contributed by atoms with Gasteiger partial charge in [0, 0.05) is 65.5 Å². The fraction of sp³-hybridized carbons (Fsp3) is 0.462. The Labute approximate surface area is 229 Å². The number of para-hydroxylation sites is 1. The number of hydrogen-bond donors (Lipinski definition) is 6. The summed E-state index contributed by atoms with van der Waals surface area (Å²) in [7, 11) is 0. The van der Waals surface area contributed by atoms with Gasteiger partial charge in [-0.25, -0.2) is 0 Å². The topological polar surface area (TPSA) is 162 Å². The first kappa shape index (κ1) is 36.5. The van der Waals surface area contributed by atoms with Crippen molar-refractivity contribution < 1.29 is 57.3 Å². The number of aromatic hydroxyl groups is 2. The van der Waals surface area contributed by atoms with Crippen molar-refractivity contribution in [2.24, 2.45) is 0 Å². The Balaban J connectivity index is 0. The van der Waals surface area contributed by atoms with Gasteiger partial charge in [0.1, 0.15) is 11.5 Å². The van der Waals surface area contributed by atoms with Crippen molar-refractivity contribution in [3.05, 3.63) is 58.1 Å². The van der Waals surface area contributed by atoms with Crippen LogP contribution in [0.25, 0.3) is 0 Å². The molecule has 0 radical (unpaired) electrons. The third kappa shape index (κ3) is 12.0. The number of carboxylic acids is 2. The van der Waals surface area contributed by atoms with Gasteiger partial charge in [0.25, 0.3) is 0 Å². The van der Waals surface area contributed by atoms with Crippen molar-refractivity contribution >= 4 is 11.9 Å². The van der Waals surface area contributed by atoms with Gasteiger partial charge in [-0.3, -0.25) is 19.4 Å². The summed E-state index contributed by atoms with van der Waals surface area (Å²) in [6.45, 7) is 4.90. The standard InChI is InChI=1S/C23H30N2O8.C2H6.CH4.Fe/c1-15-7-18(23(33)19(8-15)14-27)10-25(12-21(30)31)6-5-24(11-20(28)29)9-16-3-2-4-17(13-26)22(16)32;1-2;;/h2-4,7-8,26-27,32-33H,5-6,9-14H2,1H3,(H,28,29)(H,30,31);1-2H3;1H4;. The van der Waals surface area contributed by atoms with Gasteiger partial charge in [-0.2, -0.15) is 0 Å². The summed E-state index contributed by atoms with van der Waals surface area (Å²) in [5.41, 5.74) is 2.36. The second kappa shape index (κ2) is 18.6. The van der Waals surface area contributed by atoms with Crippen LogP contribution in [-0.4, -0.2) is 78.6 Å². The molecular formula is C26H40FeN2O8. The quantitative estimate of drug-likeness (QED) is 0.200. The van der Waals surface area contributed by atoms with Crippen molar-refractivity contribution in [1.29, 1.82) is 0 Å². The van der Waals surface area contributed by atoms with E-state index in [0.717, 1.165) is 5.56 Å². The van der Waals surface area contributed by atoms with Crippen LogP contribution in [0.5, 0.6) is 11.5 Å². The number of aliphatic hydroxyl groups is 2. The van der Waals surface area contributed by atoms with Gasteiger partial charge in [0.2, 0.25) is 0 Å². The molecule has 0 aliphatic heterocycles. The molecule has 0 fully saturated rings. The molecule has 6 N–H and O–H groups in total. The van der Waals surface area contributed by atoms with Gasteiger partial charge in [0.05, 0.1) is 26.3 Å². The molecule has 0 unspecified atom stereocenters. The molecular weight excluding hydrogens is 524 g/mol. The van der Waals surface area contributed by atoms with E-state index in [4.69, 9.17) is 0 Å². The number of carboxylic acid groups (broad SMARTS) is 2. The molecule has 0 saturated heterocycles. The molecule has 0 bridgehead atoms. The fourth-order valence-electron chi connectivity index (χ4n) is 3.65. The Morgan fingerprint density at radius 2 is 1.16 bits per heavy atom. The second-order valence-electron chi connectivity index (χ2n) is 7.88. The minimum atomic E-state index is -1.08. The van der Waals surface area contributed by atoms with Gasteiger partial charge in [-0.15, -0.1) is 0 Å². The third-order valence-corrected chi connectivity index (χ3v) is 5.19.